The molecule has 0 radical (unpaired) electrons. The molecule has 0 heterocycles. The van der Waals surface area contributed by atoms with Crippen LogP contribution in [0.15, 0.2) is 12.7 Å². The summed E-state index contributed by atoms with van der Waals surface area (Å²) >= 11 is 0. The topological polar surface area (TPSA) is 46.6 Å². The molecule has 0 saturated heterocycles. The van der Waals surface area contributed by atoms with E-state index in [1.165, 1.54) is 18.1 Å². The average molecular weight is 199 g/mol. The lowest BCUT2D eigenvalue weighted by Crippen LogP contribution is -2.46. The minimum absolute atomic E-state index is 0.0606. The number of amides is 1. The molecule has 0 aliphatic carbocycles. The van der Waals surface area contributed by atoms with Gasteiger partial charge in [-0.05, 0) is 26.8 Å². The Kier molecular flexibility index (Phi) is 4.91. The summed E-state index contributed by atoms with van der Waals surface area (Å²) in [7, 11) is 1.30. The summed E-state index contributed by atoms with van der Waals surface area (Å²) < 4.78 is 4.57. The summed E-state index contributed by atoms with van der Waals surface area (Å²) in [5.74, 6) is -0.688. The van der Waals surface area contributed by atoms with Crippen molar-refractivity contribution in [2.75, 3.05) is 7.11 Å². The van der Waals surface area contributed by atoms with Crippen molar-refractivity contribution in [3.63, 3.8) is 0 Å². The molecule has 80 valence electrons. The van der Waals surface area contributed by atoms with Crippen molar-refractivity contribution in [2.45, 2.75) is 32.9 Å². The Balaban J connectivity index is 4.73. The predicted molar refractivity (Wildman–Crippen MR) is 53.7 cm³/mol. The van der Waals surface area contributed by atoms with Crippen LogP contribution in [-0.4, -0.2) is 36.0 Å². The van der Waals surface area contributed by atoms with Crippen LogP contribution < -0.4 is 0 Å². The van der Waals surface area contributed by atoms with Crippen LogP contribution in [0.1, 0.15) is 20.8 Å². The number of hydrogen-bond acceptors (Lipinski definition) is 3. The third-order valence-corrected chi connectivity index (χ3v) is 1.94. The first-order valence-corrected chi connectivity index (χ1v) is 4.48. The molecule has 0 aromatic carbocycles. The first kappa shape index (κ1) is 12.7. The third kappa shape index (κ3) is 2.87. The summed E-state index contributed by atoms with van der Waals surface area (Å²) in [6.07, 6.45) is 1.19. The highest BCUT2D eigenvalue weighted by molar-refractivity contribution is 5.91. The minimum Gasteiger partial charge on any atom is -0.467 e. The molecule has 0 aromatic rings. The standard InChI is InChI=1S/C10H17NO3/c1-6-9(12)11(7(2)3)8(4)10(13)14-5/h6-8H,1H2,2-5H3. The van der Waals surface area contributed by atoms with Crippen LogP contribution in [0, 0.1) is 0 Å². The first-order chi connectivity index (χ1) is 6.45. The van der Waals surface area contributed by atoms with Gasteiger partial charge in [0.05, 0.1) is 7.11 Å². The van der Waals surface area contributed by atoms with Gasteiger partial charge in [-0.1, -0.05) is 6.58 Å². The highest BCUT2D eigenvalue weighted by atomic mass is 16.5. The van der Waals surface area contributed by atoms with E-state index in [1.54, 1.807) is 6.92 Å². The number of ether oxygens (including phenoxy) is 1. The molecule has 0 aliphatic rings. The van der Waals surface area contributed by atoms with Crippen LogP contribution in [0.5, 0.6) is 0 Å². The normalized spacial score (nSPS) is 12.1. The van der Waals surface area contributed by atoms with Gasteiger partial charge < -0.3 is 9.64 Å². The second-order valence-corrected chi connectivity index (χ2v) is 3.24. The van der Waals surface area contributed by atoms with Gasteiger partial charge in [-0.3, -0.25) is 4.79 Å². The minimum atomic E-state index is -0.578. The summed E-state index contributed by atoms with van der Waals surface area (Å²) in [5, 5.41) is 0. The second-order valence-electron chi connectivity index (χ2n) is 3.24. The Morgan fingerprint density at radius 2 is 1.86 bits per heavy atom. The zero-order valence-corrected chi connectivity index (χ0v) is 9.11. The Morgan fingerprint density at radius 3 is 2.14 bits per heavy atom. The maximum Gasteiger partial charge on any atom is 0.328 e. The summed E-state index contributed by atoms with van der Waals surface area (Å²) in [6.45, 7) is 8.69. The Bertz CT molecular complexity index is 236. The zero-order valence-electron chi connectivity index (χ0n) is 9.11. The molecule has 0 rings (SSSR count). The number of esters is 1. The Hall–Kier alpha value is -1.32. The summed E-state index contributed by atoms with van der Waals surface area (Å²) in [5.41, 5.74) is 0. The van der Waals surface area contributed by atoms with Crippen LogP contribution in [0.25, 0.3) is 0 Å². The Labute approximate surface area is 84.5 Å². The van der Waals surface area contributed by atoms with Crippen molar-refractivity contribution >= 4 is 11.9 Å². The lowest BCUT2D eigenvalue weighted by molar-refractivity contribution is -0.151. The lowest BCUT2D eigenvalue weighted by Gasteiger charge is -2.29. The van der Waals surface area contributed by atoms with E-state index < -0.39 is 12.0 Å². The molecule has 0 fully saturated rings. The molecule has 1 atom stereocenters. The smallest absolute Gasteiger partial charge is 0.328 e. The van der Waals surface area contributed by atoms with Crippen molar-refractivity contribution < 1.29 is 14.3 Å². The van der Waals surface area contributed by atoms with Gasteiger partial charge in [0, 0.05) is 6.04 Å². The number of rotatable bonds is 4. The molecular weight excluding hydrogens is 182 g/mol. The monoisotopic (exact) mass is 199 g/mol. The Morgan fingerprint density at radius 1 is 1.36 bits per heavy atom. The predicted octanol–water partition coefficient (Wildman–Crippen LogP) is 0.971. The van der Waals surface area contributed by atoms with Crippen LogP contribution in [0.2, 0.25) is 0 Å². The summed E-state index contributed by atoms with van der Waals surface area (Å²) in [6, 6.07) is -0.639. The van der Waals surface area contributed by atoms with Gasteiger partial charge in [0.25, 0.3) is 0 Å². The maximum atomic E-state index is 11.4. The first-order valence-electron chi connectivity index (χ1n) is 4.48. The van der Waals surface area contributed by atoms with E-state index in [0.29, 0.717) is 0 Å². The van der Waals surface area contributed by atoms with Crippen LogP contribution >= 0.6 is 0 Å². The van der Waals surface area contributed by atoms with Crippen LogP contribution in [-0.2, 0) is 14.3 Å². The van der Waals surface area contributed by atoms with Crippen LogP contribution in [0.3, 0.4) is 0 Å². The van der Waals surface area contributed by atoms with E-state index in [0.717, 1.165) is 0 Å². The van der Waals surface area contributed by atoms with Crippen LogP contribution in [0.4, 0.5) is 0 Å². The fourth-order valence-corrected chi connectivity index (χ4v) is 1.28. The SMILES string of the molecule is C=CC(=O)N(C(C)C)C(C)C(=O)OC. The fraction of sp³-hybridized carbons (Fsp3) is 0.600. The molecule has 1 amide bonds. The second kappa shape index (κ2) is 5.42. The van der Waals surface area contributed by atoms with E-state index in [9.17, 15) is 9.59 Å². The molecule has 0 aliphatic heterocycles. The number of carbonyl (C=O) groups is 2. The average Bonchev–Trinajstić information content (AvgIpc) is 2.15. The van der Waals surface area contributed by atoms with Crippen molar-refractivity contribution in [3.05, 3.63) is 12.7 Å². The zero-order chi connectivity index (χ0) is 11.3. The number of nitrogens with zero attached hydrogens (tertiary/aromatic N) is 1. The van der Waals surface area contributed by atoms with E-state index in [4.69, 9.17) is 0 Å². The molecule has 4 nitrogen and oxygen atoms in total. The van der Waals surface area contributed by atoms with Crippen molar-refractivity contribution in [2.24, 2.45) is 0 Å². The number of hydrogen-bond donors (Lipinski definition) is 0. The highest BCUT2D eigenvalue weighted by Gasteiger charge is 2.26. The molecular formula is C10H17NO3. The largest absolute Gasteiger partial charge is 0.467 e. The number of carbonyl (C=O) groups excluding carboxylic acids is 2. The van der Waals surface area contributed by atoms with Gasteiger partial charge in [-0.2, -0.15) is 0 Å². The van der Waals surface area contributed by atoms with Gasteiger partial charge in [-0.15, -0.1) is 0 Å². The molecule has 0 saturated carbocycles. The van der Waals surface area contributed by atoms with E-state index in [1.807, 2.05) is 13.8 Å². The lowest BCUT2D eigenvalue weighted by atomic mass is 10.2. The molecule has 14 heavy (non-hydrogen) atoms. The molecule has 0 spiro atoms. The number of methoxy groups -OCH3 is 1. The van der Waals surface area contributed by atoms with Gasteiger partial charge in [-0.25, -0.2) is 4.79 Å². The van der Waals surface area contributed by atoms with E-state index >= 15 is 0 Å². The van der Waals surface area contributed by atoms with Gasteiger partial charge in [0.15, 0.2) is 0 Å². The summed E-state index contributed by atoms with van der Waals surface area (Å²) in [4.78, 5) is 24.1. The van der Waals surface area contributed by atoms with Gasteiger partial charge in [0.2, 0.25) is 5.91 Å². The molecule has 0 bridgehead atoms. The van der Waals surface area contributed by atoms with E-state index in [-0.39, 0.29) is 11.9 Å². The third-order valence-electron chi connectivity index (χ3n) is 1.94. The van der Waals surface area contributed by atoms with Gasteiger partial charge >= 0.3 is 5.97 Å². The van der Waals surface area contributed by atoms with Crippen molar-refractivity contribution in [3.8, 4) is 0 Å². The molecule has 4 heteroatoms. The van der Waals surface area contributed by atoms with Crippen molar-refractivity contribution in [1.29, 1.82) is 0 Å². The fourth-order valence-electron chi connectivity index (χ4n) is 1.28. The van der Waals surface area contributed by atoms with E-state index in [2.05, 4.69) is 11.3 Å². The molecule has 0 aromatic heterocycles. The van der Waals surface area contributed by atoms with Crippen molar-refractivity contribution in [1.82, 2.24) is 4.90 Å². The van der Waals surface area contributed by atoms with Gasteiger partial charge in [0.1, 0.15) is 6.04 Å². The molecule has 1 unspecified atom stereocenters. The highest BCUT2D eigenvalue weighted by Crippen LogP contribution is 2.07. The molecule has 0 N–H and O–H groups in total. The maximum absolute atomic E-state index is 11.4. The quantitative estimate of drug-likeness (QED) is 0.500.